The molecule has 0 saturated carbocycles. The van der Waals surface area contributed by atoms with E-state index in [2.05, 4.69) is 26.7 Å². The van der Waals surface area contributed by atoms with E-state index in [1.54, 1.807) is 0 Å². The Kier molecular flexibility index (Phi) is 3.99. The molecule has 0 bridgehead atoms. The first-order valence-electron chi connectivity index (χ1n) is 7.32. The Morgan fingerprint density at radius 3 is 2.10 bits per heavy atom. The first-order chi connectivity index (χ1) is 10.3. The van der Waals surface area contributed by atoms with Crippen LogP contribution in [0.1, 0.15) is 12.5 Å². The zero-order valence-electron chi connectivity index (χ0n) is 12.2. The number of halogens is 1. The summed E-state index contributed by atoms with van der Waals surface area (Å²) in [6, 6.07) is 6.68. The summed E-state index contributed by atoms with van der Waals surface area (Å²) >= 11 is 0. The lowest BCUT2D eigenvalue weighted by molar-refractivity contribution is 0.623. The molecule has 1 aromatic heterocycles. The number of anilines is 2. The highest BCUT2D eigenvalue weighted by atomic mass is 19.1. The molecule has 1 fully saturated rings. The third-order valence-electron chi connectivity index (χ3n) is 3.85. The van der Waals surface area contributed by atoms with Gasteiger partial charge < -0.3 is 9.80 Å². The highest BCUT2D eigenvalue weighted by Crippen LogP contribution is 2.18. The molecule has 1 aliphatic rings. The van der Waals surface area contributed by atoms with Crippen LogP contribution in [0.5, 0.6) is 0 Å². The number of aryl methyl sites for hydroxylation is 1. The van der Waals surface area contributed by atoms with E-state index < -0.39 is 0 Å². The molecule has 0 spiro atoms. The van der Waals surface area contributed by atoms with Gasteiger partial charge in [-0.3, -0.25) is 0 Å². The van der Waals surface area contributed by atoms with Crippen LogP contribution in [0.3, 0.4) is 0 Å². The number of piperazine rings is 1. The van der Waals surface area contributed by atoms with Gasteiger partial charge in [-0.25, -0.2) is 14.4 Å². The fourth-order valence-electron chi connectivity index (χ4n) is 2.51. The predicted molar refractivity (Wildman–Crippen MR) is 82.2 cm³/mol. The molecule has 0 N–H and O–H groups in total. The van der Waals surface area contributed by atoms with Crippen LogP contribution in [0.15, 0.2) is 36.7 Å². The molecule has 0 atom stereocenters. The number of hydrogen-bond acceptors (Lipinski definition) is 4. The van der Waals surface area contributed by atoms with Crippen molar-refractivity contribution < 1.29 is 4.39 Å². The van der Waals surface area contributed by atoms with Crippen molar-refractivity contribution in [2.24, 2.45) is 0 Å². The highest BCUT2D eigenvalue weighted by Gasteiger charge is 2.19. The molecule has 0 amide bonds. The van der Waals surface area contributed by atoms with Crippen LogP contribution in [-0.2, 0) is 6.42 Å². The SMILES string of the molecule is CCc1cnc(N2CCN(c3ccc(F)cc3)CC2)nc1. The van der Waals surface area contributed by atoms with Crippen molar-refractivity contribution in [3.63, 3.8) is 0 Å². The first-order valence-corrected chi connectivity index (χ1v) is 7.32. The monoisotopic (exact) mass is 286 g/mol. The van der Waals surface area contributed by atoms with Crippen LogP contribution in [-0.4, -0.2) is 36.1 Å². The zero-order valence-corrected chi connectivity index (χ0v) is 12.2. The van der Waals surface area contributed by atoms with E-state index >= 15 is 0 Å². The van der Waals surface area contributed by atoms with Crippen molar-refractivity contribution in [2.45, 2.75) is 13.3 Å². The van der Waals surface area contributed by atoms with E-state index in [1.165, 1.54) is 12.1 Å². The van der Waals surface area contributed by atoms with E-state index in [0.29, 0.717) is 0 Å². The number of rotatable bonds is 3. The molecule has 0 radical (unpaired) electrons. The summed E-state index contributed by atoms with van der Waals surface area (Å²) in [7, 11) is 0. The average molecular weight is 286 g/mol. The predicted octanol–water partition coefficient (Wildman–Crippen LogP) is 2.50. The second-order valence-corrected chi connectivity index (χ2v) is 5.20. The molecule has 0 aliphatic carbocycles. The maximum Gasteiger partial charge on any atom is 0.225 e. The Morgan fingerprint density at radius 2 is 1.52 bits per heavy atom. The fourth-order valence-corrected chi connectivity index (χ4v) is 2.51. The van der Waals surface area contributed by atoms with Crippen molar-refractivity contribution >= 4 is 11.6 Å². The van der Waals surface area contributed by atoms with E-state index in [0.717, 1.165) is 49.8 Å². The highest BCUT2D eigenvalue weighted by molar-refractivity contribution is 5.48. The maximum atomic E-state index is 13.0. The van der Waals surface area contributed by atoms with Gasteiger partial charge in [-0.1, -0.05) is 6.92 Å². The number of nitrogens with zero attached hydrogens (tertiary/aromatic N) is 4. The van der Waals surface area contributed by atoms with Gasteiger partial charge >= 0.3 is 0 Å². The molecule has 3 rings (SSSR count). The topological polar surface area (TPSA) is 32.3 Å². The third kappa shape index (κ3) is 3.12. The summed E-state index contributed by atoms with van der Waals surface area (Å²) < 4.78 is 13.0. The third-order valence-corrected chi connectivity index (χ3v) is 3.85. The van der Waals surface area contributed by atoms with E-state index in [4.69, 9.17) is 0 Å². The molecule has 4 nitrogen and oxygen atoms in total. The van der Waals surface area contributed by atoms with Gasteiger partial charge in [-0.2, -0.15) is 0 Å². The lowest BCUT2D eigenvalue weighted by atomic mass is 10.2. The Hall–Kier alpha value is -2.17. The van der Waals surface area contributed by atoms with Gasteiger partial charge in [0.05, 0.1) is 0 Å². The summed E-state index contributed by atoms with van der Waals surface area (Å²) in [5.74, 6) is 0.604. The van der Waals surface area contributed by atoms with Gasteiger partial charge in [-0.05, 0) is 36.2 Å². The Labute approximate surface area is 124 Å². The average Bonchev–Trinajstić information content (AvgIpc) is 2.56. The first kappa shape index (κ1) is 13.8. The van der Waals surface area contributed by atoms with E-state index in [-0.39, 0.29) is 5.82 Å². The Morgan fingerprint density at radius 1 is 0.952 bits per heavy atom. The van der Waals surface area contributed by atoms with Gasteiger partial charge in [0.2, 0.25) is 5.95 Å². The summed E-state index contributed by atoms with van der Waals surface area (Å²) in [4.78, 5) is 13.3. The molecule has 1 saturated heterocycles. The van der Waals surface area contributed by atoms with Crippen molar-refractivity contribution in [1.82, 2.24) is 9.97 Å². The second-order valence-electron chi connectivity index (χ2n) is 5.20. The number of aromatic nitrogens is 2. The number of benzene rings is 1. The molecule has 1 aromatic carbocycles. The normalized spacial score (nSPS) is 15.3. The van der Waals surface area contributed by atoms with Crippen molar-refractivity contribution in [2.75, 3.05) is 36.0 Å². The van der Waals surface area contributed by atoms with Gasteiger partial charge in [-0.15, -0.1) is 0 Å². The van der Waals surface area contributed by atoms with Gasteiger partial charge in [0.1, 0.15) is 5.82 Å². The second kappa shape index (κ2) is 6.08. The molecule has 2 heterocycles. The van der Waals surface area contributed by atoms with Crippen molar-refractivity contribution in [3.8, 4) is 0 Å². The Bertz CT molecular complexity index is 574. The summed E-state index contributed by atoms with van der Waals surface area (Å²) in [5.41, 5.74) is 2.22. The van der Waals surface area contributed by atoms with Crippen LogP contribution >= 0.6 is 0 Å². The van der Waals surface area contributed by atoms with Crippen LogP contribution in [0, 0.1) is 5.82 Å². The summed E-state index contributed by atoms with van der Waals surface area (Å²) in [6.07, 6.45) is 4.75. The summed E-state index contributed by atoms with van der Waals surface area (Å²) in [5, 5.41) is 0. The standard InChI is InChI=1S/C16H19FN4/c1-2-13-11-18-16(19-12-13)21-9-7-20(8-10-21)15-5-3-14(17)4-6-15/h3-6,11-12H,2,7-10H2,1H3. The van der Waals surface area contributed by atoms with Crippen LogP contribution in [0.2, 0.25) is 0 Å². The van der Waals surface area contributed by atoms with Gasteiger partial charge in [0.25, 0.3) is 0 Å². The number of hydrogen-bond donors (Lipinski definition) is 0. The van der Waals surface area contributed by atoms with E-state index in [1.807, 2.05) is 24.5 Å². The molecule has 110 valence electrons. The quantitative estimate of drug-likeness (QED) is 0.868. The molecule has 5 heteroatoms. The van der Waals surface area contributed by atoms with Crippen LogP contribution in [0.25, 0.3) is 0 Å². The van der Waals surface area contributed by atoms with Crippen LogP contribution < -0.4 is 9.80 Å². The largest absolute Gasteiger partial charge is 0.368 e. The smallest absolute Gasteiger partial charge is 0.225 e. The molecule has 21 heavy (non-hydrogen) atoms. The molecule has 2 aromatic rings. The minimum Gasteiger partial charge on any atom is -0.368 e. The minimum absolute atomic E-state index is 0.193. The fraction of sp³-hybridized carbons (Fsp3) is 0.375. The van der Waals surface area contributed by atoms with Crippen molar-refractivity contribution in [1.29, 1.82) is 0 Å². The molecular weight excluding hydrogens is 267 g/mol. The molecule has 1 aliphatic heterocycles. The zero-order chi connectivity index (χ0) is 14.7. The van der Waals surface area contributed by atoms with E-state index in [9.17, 15) is 4.39 Å². The van der Waals surface area contributed by atoms with Crippen molar-refractivity contribution in [3.05, 3.63) is 48.0 Å². The lowest BCUT2D eigenvalue weighted by Crippen LogP contribution is -2.47. The maximum absolute atomic E-state index is 13.0. The minimum atomic E-state index is -0.193. The van der Waals surface area contributed by atoms with Gasteiger partial charge in [0, 0.05) is 44.3 Å². The summed E-state index contributed by atoms with van der Waals surface area (Å²) in [6.45, 7) is 5.64. The Balaban J connectivity index is 1.62. The molecule has 0 unspecified atom stereocenters. The molecular formula is C16H19FN4. The van der Waals surface area contributed by atoms with Gasteiger partial charge in [0.15, 0.2) is 0 Å². The lowest BCUT2D eigenvalue weighted by Gasteiger charge is -2.36. The van der Waals surface area contributed by atoms with Crippen LogP contribution in [0.4, 0.5) is 16.0 Å².